The Morgan fingerprint density at radius 1 is 1.53 bits per heavy atom. The Morgan fingerprint density at radius 2 is 2.20 bits per heavy atom. The highest BCUT2D eigenvalue weighted by Gasteiger charge is 2.42. The number of rotatable bonds is 1. The fraction of sp³-hybridized carbons (Fsp3) is 0.417. The quantitative estimate of drug-likeness (QED) is 0.734. The molecule has 2 atom stereocenters. The Labute approximate surface area is 89.1 Å². The van der Waals surface area contributed by atoms with Gasteiger partial charge in [0.15, 0.2) is 0 Å². The van der Waals surface area contributed by atoms with Gasteiger partial charge in [0, 0.05) is 12.5 Å². The van der Waals surface area contributed by atoms with Crippen molar-refractivity contribution in [3.8, 4) is 0 Å². The minimum atomic E-state index is -0.853. The Balaban J connectivity index is 2.46. The lowest BCUT2D eigenvalue weighted by Crippen LogP contribution is -2.55. The molecule has 0 aliphatic carbocycles. The number of benzene rings is 1. The lowest BCUT2D eigenvalue weighted by atomic mass is 9.77. The van der Waals surface area contributed by atoms with Crippen molar-refractivity contribution in [1.29, 1.82) is 0 Å². The van der Waals surface area contributed by atoms with Gasteiger partial charge in [-0.1, -0.05) is 31.2 Å². The maximum absolute atomic E-state index is 11.2. The second kappa shape index (κ2) is 3.35. The maximum atomic E-state index is 11.2. The lowest BCUT2D eigenvalue weighted by molar-refractivity contribution is -0.145. The van der Waals surface area contributed by atoms with Crippen molar-refractivity contribution in [2.45, 2.75) is 31.8 Å². The van der Waals surface area contributed by atoms with Gasteiger partial charge < -0.3 is 5.11 Å². The topological polar surface area (TPSA) is 49.3 Å². The molecule has 1 aliphatic rings. The fourth-order valence-corrected chi connectivity index (χ4v) is 2.12. The predicted molar refractivity (Wildman–Crippen MR) is 57.7 cm³/mol. The Morgan fingerprint density at radius 3 is 2.87 bits per heavy atom. The molecular formula is C12H15NO2. The number of carboxylic acid groups (broad SMARTS) is 1. The molecule has 1 aromatic carbocycles. The molecule has 3 heteroatoms. The van der Waals surface area contributed by atoms with E-state index in [1.807, 2.05) is 31.2 Å². The predicted octanol–water partition coefficient (Wildman–Crippen LogP) is 1.74. The van der Waals surface area contributed by atoms with E-state index < -0.39 is 11.5 Å². The van der Waals surface area contributed by atoms with E-state index in [4.69, 9.17) is 0 Å². The number of aliphatic carboxylic acids is 1. The number of hydrogen-bond acceptors (Lipinski definition) is 2. The molecule has 0 amide bonds. The van der Waals surface area contributed by atoms with Crippen LogP contribution in [0.25, 0.3) is 0 Å². The SMILES string of the molecule is C[C@H]1c2ccccc2CN[C@@]1(C)C(=O)O. The van der Waals surface area contributed by atoms with Crippen molar-refractivity contribution in [3.63, 3.8) is 0 Å². The number of nitrogens with one attached hydrogen (secondary N) is 1. The minimum Gasteiger partial charge on any atom is -0.480 e. The molecule has 1 heterocycles. The van der Waals surface area contributed by atoms with Crippen molar-refractivity contribution < 1.29 is 9.90 Å². The molecule has 0 spiro atoms. The van der Waals surface area contributed by atoms with Gasteiger partial charge in [-0.05, 0) is 18.1 Å². The summed E-state index contributed by atoms with van der Waals surface area (Å²) in [6, 6.07) is 8.00. The third kappa shape index (κ3) is 1.43. The Kier molecular flexibility index (Phi) is 2.27. The minimum absolute atomic E-state index is 0.0139. The highest BCUT2D eigenvalue weighted by molar-refractivity contribution is 5.80. The zero-order valence-electron chi connectivity index (χ0n) is 8.95. The van der Waals surface area contributed by atoms with E-state index in [0.29, 0.717) is 6.54 Å². The monoisotopic (exact) mass is 205 g/mol. The average molecular weight is 205 g/mol. The molecule has 15 heavy (non-hydrogen) atoms. The summed E-state index contributed by atoms with van der Waals surface area (Å²) < 4.78 is 0. The van der Waals surface area contributed by atoms with Gasteiger partial charge in [0.25, 0.3) is 0 Å². The molecule has 3 nitrogen and oxygen atoms in total. The summed E-state index contributed by atoms with van der Waals surface area (Å²) in [5.74, 6) is -0.801. The first-order valence-electron chi connectivity index (χ1n) is 5.12. The largest absolute Gasteiger partial charge is 0.480 e. The van der Waals surface area contributed by atoms with Crippen molar-refractivity contribution in [2.75, 3.05) is 0 Å². The van der Waals surface area contributed by atoms with Crippen LogP contribution in [-0.4, -0.2) is 16.6 Å². The smallest absolute Gasteiger partial charge is 0.324 e. The molecule has 0 fully saturated rings. The van der Waals surface area contributed by atoms with Crippen LogP contribution in [0.1, 0.15) is 30.9 Å². The van der Waals surface area contributed by atoms with Crippen LogP contribution >= 0.6 is 0 Å². The molecule has 80 valence electrons. The van der Waals surface area contributed by atoms with Crippen molar-refractivity contribution in [1.82, 2.24) is 5.32 Å². The number of hydrogen-bond donors (Lipinski definition) is 2. The van der Waals surface area contributed by atoms with E-state index in [0.717, 1.165) is 5.56 Å². The molecule has 1 aromatic rings. The van der Waals surface area contributed by atoms with E-state index in [2.05, 4.69) is 5.32 Å². The third-order valence-corrected chi connectivity index (χ3v) is 3.48. The van der Waals surface area contributed by atoms with Crippen LogP contribution in [0.15, 0.2) is 24.3 Å². The van der Waals surface area contributed by atoms with Crippen molar-refractivity contribution in [2.24, 2.45) is 0 Å². The molecule has 0 saturated carbocycles. The van der Waals surface area contributed by atoms with Crippen LogP contribution in [0.3, 0.4) is 0 Å². The first-order valence-corrected chi connectivity index (χ1v) is 5.12. The summed E-state index contributed by atoms with van der Waals surface area (Å²) in [7, 11) is 0. The molecular weight excluding hydrogens is 190 g/mol. The lowest BCUT2D eigenvalue weighted by Gasteiger charge is -2.38. The molecule has 1 aliphatic heterocycles. The number of fused-ring (bicyclic) bond motifs is 1. The maximum Gasteiger partial charge on any atom is 0.324 e. The second-order valence-electron chi connectivity index (χ2n) is 4.28. The van der Waals surface area contributed by atoms with Crippen LogP contribution < -0.4 is 5.32 Å². The van der Waals surface area contributed by atoms with Crippen molar-refractivity contribution >= 4 is 5.97 Å². The molecule has 0 unspecified atom stereocenters. The molecule has 0 radical (unpaired) electrons. The Hall–Kier alpha value is -1.35. The standard InChI is InChI=1S/C12H15NO2/c1-8-10-6-4-3-5-9(10)7-13-12(8,2)11(14)15/h3-6,8,13H,7H2,1-2H3,(H,14,15)/t8-,12+/m0/s1. The van der Waals surface area contributed by atoms with E-state index in [-0.39, 0.29) is 5.92 Å². The summed E-state index contributed by atoms with van der Waals surface area (Å²) in [4.78, 5) is 11.2. The average Bonchev–Trinajstić information content (AvgIpc) is 2.24. The van der Waals surface area contributed by atoms with Gasteiger partial charge >= 0.3 is 5.97 Å². The summed E-state index contributed by atoms with van der Waals surface area (Å²) in [6.07, 6.45) is 0. The van der Waals surface area contributed by atoms with Crippen LogP contribution in [0.5, 0.6) is 0 Å². The first kappa shape index (κ1) is 10.2. The number of carboxylic acids is 1. The zero-order valence-corrected chi connectivity index (χ0v) is 8.95. The third-order valence-electron chi connectivity index (χ3n) is 3.48. The van der Waals surface area contributed by atoms with Gasteiger partial charge in [-0.2, -0.15) is 0 Å². The molecule has 0 saturated heterocycles. The molecule has 2 N–H and O–H groups in total. The Bertz CT molecular complexity index is 402. The van der Waals surface area contributed by atoms with E-state index in [1.165, 1.54) is 5.56 Å². The van der Waals surface area contributed by atoms with E-state index in [9.17, 15) is 9.90 Å². The van der Waals surface area contributed by atoms with Crippen LogP contribution in [0.2, 0.25) is 0 Å². The zero-order chi connectivity index (χ0) is 11.1. The van der Waals surface area contributed by atoms with Gasteiger partial charge in [0.05, 0.1) is 0 Å². The molecule has 0 bridgehead atoms. The summed E-state index contributed by atoms with van der Waals surface area (Å²) in [5.41, 5.74) is 1.49. The van der Waals surface area contributed by atoms with Gasteiger partial charge in [-0.25, -0.2) is 0 Å². The fourth-order valence-electron chi connectivity index (χ4n) is 2.12. The van der Waals surface area contributed by atoms with E-state index in [1.54, 1.807) is 6.92 Å². The van der Waals surface area contributed by atoms with Crippen LogP contribution in [0.4, 0.5) is 0 Å². The molecule has 2 rings (SSSR count). The highest BCUT2D eigenvalue weighted by atomic mass is 16.4. The van der Waals surface area contributed by atoms with Gasteiger partial charge in [-0.3, -0.25) is 10.1 Å². The van der Waals surface area contributed by atoms with Gasteiger partial charge in [0.1, 0.15) is 5.54 Å². The molecule has 0 aromatic heterocycles. The first-order chi connectivity index (χ1) is 7.05. The highest BCUT2D eigenvalue weighted by Crippen LogP contribution is 2.34. The van der Waals surface area contributed by atoms with Crippen LogP contribution in [-0.2, 0) is 11.3 Å². The number of carbonyl (C=O) groups is 1. The second-order valence-corrected chi connectivity index (χ2v) is 4.28. The summed E-state index contributed by atoms with van der Waals surface area (Å²) in [6.45, 7) is 4.33. The van der Waals surface area contributed by atoms with E-state index >= 15 is 0 Å². The summed E-state index contributed by atoms with van der Waals surface area (Å²) >= 11 is 0. The van der Waals surface area contributed by atoms with Crippen molar-refractivity contribution in [3.05, 3.63) is 35.4 Å². The summed E-state index contributed by atoms with van der Waals surface area (Å²) in [5, 5.41) is 12.3. The van der Waals surface area contributed by atoms with Gasteiger partial charge in [0.2, 0.25) is 0 Å². The normalized spacial score (nSPS) is 29.6. The van der Waals surface area contributed by atoms with Gasteiger partial charge in [-0.15, -0.1) is 0 Å². The van der Waals surface area contributed by atoms with Crippen LogP contribution in [0, 0.1) is 0 Å².